The highest BCUT2D eigenvalue weighted by Gasteiger charge is 2.12. The molecule has 26 heavy (non-hydrogen) atoms. The fraction of sp³-hybridized carbons (Fsp3) is 0.0556. The Balaban J connectivity index is 1.85. The molecule has 0 amide bonds. The van der Waals surface area contributed by atoms with Crippen molar-refractivity contribution in [1.29, 1.82) is 5.26 Å². The third kappa shape index (κ3) is 3.77. The smallest absolute Gasteiger partial charge is 0.172 e. The highest BCUT2D eigenvalue weighted by molar-refractivity contribution is 6.30. The normalized spacial score (nSPS) is 10.7. The fourth-order valence-electron chi connectivity index (χ4n) is 2.24. The number of hydrogen-bond acceptors (Lipinski definition) is 6. The van der Waals surface area contributed by atoms with Crippen LogP contribution >= 0.6 is 11.6 Å². The summed E-state index contributed by atoms with van der Waals surface area (Å²) in [6, 6.07) is 14.0. The zero-order valence-corrected chi connectivity index (χ0v) is 14.4. The minimum absolute atomic E-state index is 0.0388. The van der Waals surface area contributed by atoms with Gasteiger partial charge in [-0.25, -0.2) is 4.99 Å². The minimum atomic E-state index is 0.0388. The molecule has 0 bridgehead atoms. The lowest BCUT2D eigenvalue weighted by atomic mass is 10.2. The molecule has 3 N–H and O–H groups in total. The molecule has 130 valence electrons. The van der Waals surface area contributed by atoms with E-state index in [2.05, 4.69) is 26.6 Å². The lowest BCUT2D eigenvalue weighted by molar-refractivity contribution is 0.373. The van der Waals surface area contributed by atoms with Crippen molar-refractivity contribution in [2.45, 2.75) is 0 Å². The first kappa shape index (κ1) is 17.3. The van der Waals surface area contributed by atoms with E-state index in [1.54, 1.807) is 36.5 Å². The molecule has 0 atom stereocenters. The molecule has 0 saturated carbocycles. The van der Waals surface area contributed by atoms with E-state index in [1.165, 1.54) is 13.2 Å². The van der Waals surface area contributed by atoms with Gasteiger partial charge in [-0.15, -0.1) is 0 Å². The first-order chi connectivity index (χ1) is 12.6. The number of aromatic amines is 1. The Labute approximate surface area is 154 Å². The summed E-state index contributed by atoms with van der Waals surface area (Å²) in [5.41, 5.74) is 1.67. The number of nitrogens with zero attached hydrogens (tertiary/aromatic N) is 3. The molecule has 1 heterocycles. The van der Waals surface area contributed by atoms with E-state index in [1.807, 2.05) is 6.07 Å². The number of halogens is 1. The molecule has 0 saturated heterocycles. The Morgan fingerprint density at radius 2 is 2.19 bits per heavy atom. The maximum absolute atomic E-state index is 9.62. The van der Waals surface area contributed by atoms with Crippen LogP contribution in [-0.2, 0) is 0 Å². The summed E-state index contributed by atoms with van der Waals surface area (Å²) >= 11 is 5.96. The summed E-state index contributed by atoms with van der Waals surface area (Å²) < 4.78 is 5.06. The second kappa shape index (κ2) is 7.59. The van der Waals surface area contributed by atoms with Gasteiger partial charge in [0.25, 0.3) is 0 Å². The summed E-state index contributed by atoms with van der Waals surface area (Å²) in [5.74, 6) is 1.04. The second-order valence-electron chi connectivity index (χ2n) is 5.23. The number of hydrogen-bond donors (Lipinski definition) is 3. The quantitative estimate of drug-likeness (QED) is 0.587. The molecule has 3 aromatic rings. The van der Waals surface area contributed by atoms with Gasteiger partial charge in [0.1, 0.15) is 11.6 Å². The van der Waals surface area contributed by atoms with Crippen LogP contribution in [0.5, 0.6) is 11.5 Å². The molecule has 0 radical (unpaired) electrons. The predicted molar refractivity (Wildman–Crippen MR) is 100.0 cm³/mol. The Bertz CT molecular complexity index is 1010. The third-order valence-corrected chi connectivity index (χ3v) is 3.73. The number of aliphatic imine (C=N–C) groups is 1. The number of phenolic OH excluding ortho intramolecular Hbond substituents is 1. The van der Waals surface area contributed by atoms with Crippen molar-refractivity contribution in [3.8, 4) is 17.6 Å². The van der Waals surface area contributed by atoms with Crippen LogP contribution in [0.3, 0.4) is 0 Å². The summed E-state index contributed by atoms with van der Waals surface area (Å²) in [5, 5.41) is 29.5. The van der Waals surface area contributed by atoms with E-state index in [4.69, 9.17) is 16.3 Å². The summed E-state index contributed by atoms with van der Waals surface area (Å²) in [6.45, 7) is 0. The lowest BCUT2D eigenvalue weighted by Crippen LogP contribution is -1.92. The van der Waals surface area contributed by atoms with Gasteiger partial charge in [0.05, 0.1) is 7.11 Å². The zero-order chi connectivity index (χ0) is 18.5. The number of H-pyrrole nitrogens is 1. The van der Waals surface area contributed by atoms with Gasteiger partial charge in [-0.05, 0) is 42.0 Å². The lowest BCUT2D eigenvalue weighted by Gasteiger charge is -2.03. The maximum Gasteiger partial charge on any atom is 0.172 e. The summed E-state index contributed by atoms with van der Waals surface area (Å²) in [4.78, 5) is 4.26. The molecule has 0 aliphatic heterocycles. The van der Waals surface area contributed by atoms with Crippen LogP contribution < -0.4 is 10.1 Å². The van der Waals surface area contributed by atoms with E-state index in [0.29, 0.717) is 33.7 Å². The molecular weight excluding hydrogens is 354 g/mol. The van der Waals surface area contributed by atoms with Gasteiger partial charge >= 0.3 is 0 Å². The zero-order valence-electron chi connectivity index (χ0n) is 13.7. The third-order valence-electron chi connectivity index (χ3n) is 3.49. The number of ether oxygens (including phenoxy) is 1. The van der Waals surface area contributed by atoms with Crippen molar-refractivity contribution in [3.05, 3.63) is 58.6 Å². The number of phenols is 1. The van der Waals surface area contributed by atoms with Crippen molar-refractivity contribution < 1.29 is 9.84 Å². The topological polar surface area (TPSA) is 106 Å². The van der Waals surface area contributed by atoms with Gasteiger partial charge in [0.2, 0.25) is 0 Å². The van der Waals surface area contributed by atoms with Crippen molar-refractivity contribution >= 4 is 35.1 Å². The number of anilines is 2. The molecule has 0 unspecified atom stereocenters. The van der Waals surface area contributed by atoms with Crippen LogP contribution in [0, 0.1) is 11.3 Å². The predicted octanol–water partition coefficient (Wildman–Crippen LogP) is 4.14. The van der Waals surface area contributed by atoms with Gasteiger partial charge in [-0.3, -0.25) is 5.10 Å². The number of nitriles is 1. The number of rotatable bonds is 5. The Hall–Kier alpha value is -3.50. The van der Waals surface area contributed by atoms with Gasteiger partial charge in [0.15, 0.2) is 23.1 Å². The van der Waals surface area contributed by atoms with Gasteiger partial charge in [-0.2, -0.15) is 10.4 Å². The van der Waals surface area contributed by atoms with Crippen molar-refractivity contribution in [3.63, 3.8) is 0 Å². The first-order valence-electron chi connectivity index (χ1n) is 7.53. The van der Waals surface area contributed by atoms with E-state index in [0.717, 1.165) is 0 Å². The van der Waals surface area contributed by atoms with E-state index >= 15 is 0 Å². The SMILES string of the molecule is COc1cc(/C=N/c2[nH]nc(Nc3cccc(Cl)c3)c2C#N)ccc1O. The van der Waals surface area contributed by atoms with Crippen LogP contribution in [-0.4, -0.2) is 28.6 Å². The van der Waals surface area contributed by atoms with Crippen LogP contribution in [0.1, 0.15) is 11.1 Å². The van der Waals surface area contributed by atoms with E-state index in [-0.39, 0.29) is 11.3 Å². The average Bonchev–Trinajstić information content (AvgIpc) is 3.02. The molecule has 0 spiro atoms. The highest BCUT2D eigenvalue weighted by atomic mass is 35.5. The van der Waals surface area contributed by atoms with Crippen LogP contribution in [0.2, 0.25) is 5.02 Å². The van der Waals surface area contributed by atoms with Gasteiger partial charge in [-0.1, -0.05) is 17.7 Å². The molecule has 0 aliphatic carbocycles. The monoisotopic (exact) mass is 367 g/mol. The Morgan fingerprint density at radius 3 is 2.92 bits per heavy atom. The standard InChI is InChI=1S/C18H14ClN5O2/c1-26-16-7-11(5-6-15(16)25)10-21-17-14(9-20)18(24-23-17)22-13-4-2-3-12(19)8-13/h2-8,10,25H,1H3,(H2,22,23,24)/b21-10+. The second-order valence-corrected chi connectivity index (χ2v) is 5.67. The van der Waals surface area contributed by atoms with Crippen molar-refractivity contribution in [2.75, 3.05) is 12.4 Å². The summed E-state index contributed by atoms with van der Waals surface area (Å²) in [7, 11) is 1.46. The minimum Gasteiger partial charge on any atom is -0.504 e. The number of nitrogens with one attached hydrogen (secondary N) is 2. The van der Waals surface area contributed by atoms with E-state index < -0.39 is 0 Å². The average molecular weight is 368 g/mol. The first-order valence-corrected chi connectivity index (χ1v) is 7.90. The fourth-order valence-corrected chi connectivity index (χ4v) is 2.43. The molecule has 0 aliphatic rings. The summed E-state index contributed by atoms with van der Waals surface area (Å²) in [6.07, 6.45) is 1.54. The molecule has 1 aromatic heterocycles. The van der Waals surface area contributed by atoms with Gasteiger partial charge < -0.3 is 15.2 Å². The molecule has 8 heteroatoms. The molecule has 0 fully saturated rings. The largest absolute Gasteiger partial charge is 0.504 e. The number of aromatic nitrogens is 2. The van der Waals surface area contributed by atoms with Crippen LogP contribution in [0.4, 0.5) is 17.3 Å². The number of aromatic hydroxyl groups is 1. The molecule has 2 aromatic carbocycles. The van der Waals surface area contributed by atoms with Gasteiger partial charge in [0, 0.05) is 16.9 Å². The molecule has 7 nitrogen and oxygen atoms in total. The Kier molecular flexibility index (Phi) is 5.06. The van der Waals surface area contributed by atoms with Crippen molar-refractivity contribution in [2.24, 2.45) is 4.99 Å². The number of benzene rings is 2. The molecule has 3 rings (SSSR count). The molecular formula is C18H14ClN5O2. The maximum atomic E-state index is 9.62. The number of methoxy groups -OCH3 is 1. The highest BCUT2D eigenvalue weighted by Crippen LogP contribution is 2.28. The Morgan fingerprint density at radius 1 is 1.35 bits per heavy atom. The van der Waals surface area contributed by atoms with Crippen LogP contribution in [0.25, 0.3) is 0 Å². The van der Waals surface area contributed by atoms with Crippen LogP contribution in [0.15, 0.2) is 47.5 Å². The van der Waals surface area contributed by atoms with Crippen molar-refractivity contribution in [1.82, 2.24) is 10.2 Å². The van der Waals surface area contributed by atoms with E-state index in [9.17, 15) is 10.4 Å².